The zero-order valence-electron chi connectivity index (χ0n) is 6.03. The van der Waals surface area contributed by atoms with Crippen LogP contribution in [-0.4, -0.2) is 10.2 Å². The van der Waals surface area contributed by atoms with Crippen molar-refractivity contribution in [3.63, 3.8) is 0 Å². The largest absolute Gasteiger partial charge is 0.316 e. The van der Waals surface area contributed by atoms with Gasteiger partial charge in [0.15, 0.2) is 5.23 Å². The third kappa shape index (κ3) is 0.978. The standard InChI is InChI=1S/C8H5NO2S/c10-5-12-4-3-6-1-2-7(11)9-8(6)12/h1-4H,(H,9,11). The fourth-order valence-electron chi connectivity index (χ4n) is 1.06. The average molecular weight is 179 g/mol. The predicted octanol–water partition coefficient (Wildman–Crippen LogP) is 1.05. The second-order valence-electron chi connectivity index (χ2n) is 2.33. The van der Waals surface area contributed by atoms with Crippen molar-refractivity contribution in [3.05, 3.63) is 33.5 Å². The lowest BCUT2D eigenvalue weighted by molar-refractivity contribution is 0.572. The summed E-state index contributed by atoms with van der Waals surface area (Å²) < 4.78 is 0. The van der Waals surface area contributed by atoms with Gasteiger partial charge in [-0.05, 0) is 28.0 Å². The van der Waals surface area contributed by atoms with Crippen LogP contribution < -0.4 is 5.56 Å². The minimum absolute atomic E-state index is 0.176. The molecule has 0 radical (unpaired) electrons. The van der Waals surface area contributed by atoms with Gasteiger partial charge < -0.3 is 4.98 Å². The molecular weight excluding hydrogens is 174 g/mol. The minimum Gasteiger partial charge on any atom is -0.316 e. The van der Waals surface area contributed by atoms with E-state index in [0.29, 0.717) is 5.03 Å². The summed E-state index contributed by atoms with van der Waals surface area (Å²) in [5.41, 5.74) is 0.728. The molecule has 0 amide bonds. The van der Waals surface area contributed by atoms with Gasteiger partial charge >= 0.3 is 0 Å². The van der Waals surface area contributed by atoms with E-state index >= 15 is 0 Å². The first kappa shape index (κ1) is 7.28. The zero-order chi connectivity index (χ0) is 8.55. The van der Waals surface area contributed by atoms with Crippen molar-refractivity contribution in [1.82, 2.24) is 4.98 Å². The summed E-state index contributed by atoms with van der Waals surface area (Å²) in [7, 11) is -0.661. The fourth-order valence-corrected chi connectivity index (χ4v) is 2.22. The molecule has 0 saturated carbocycles. The smallest absolute Gasteiger partial charge is 0.248 e. The molecule has 1 aliphatic heterocycles. The molecule has 1 aromatic rings. The van der Waals surface area contributed by atoms with Gasteiger partial charge in [-0.2, -0.15) is 0 Å². The zero-order valence-corrected chi connectivity index (χ0v) is 6.85. The second-order valence-corrected chi connectivity index (χ2v) is 3.85. The predicted molar refractivity (Wildman–Crippen MR) is 47.6 cm³/mol. The number of fused-ring (bicyclic) bond motifs is 1. The van der Waals surface area contributed by atoms with Gasteiger partial charge in [0.25, 0.3) is 0 Å². The van der Waals surface area contributed by atoms with E-state index in [0.717, 1.165) is 5.56 Å². The molecule has 0 fully saturated rings. The van der Waals surface area contributed by atoms with Crippen molar-refractivity contribution in [2.75, 3.05) is 0 Å². The van der Waals surface area contributed by atoms with Crippen molar-refractivity contribution < 1.29 is 4.79 Å². The molecule has 1 unspecified atom stereocenters. The van der Waals surface area contributed by atoms with Gasteiger partial charge in [0.1, 0.15) is 0 Å². The summed E-state index contributed by atoms with van der Waals surface area (Å²) in [4.78, 5) is 23.9. The van der Waals surface area contributed by atoms with E-state index in [2.05, 4.69) is 4.98 Å². The molecule has 1 aliphatic rings. The number of nitrogens with one attached hydrogen (secondary N) is 1. The Kier molecular flexibility index (Phi) is 1.57. The maximum absolute atomic E-state index is 10.9. The SMILES string of the molecule is O=C=S1C=Cc2ccc(=O)[nH]c21. The number of carbonyl (C=O) groups excluding carboxylic acids is 1. The molecule has 0 aromatic carbocycles. The Balaban J connectivity index is 2.79. The van der Waals surface area contributed by atoms with Gasteiger partial charge in [-0.15, -0.1) is 0 Å². The molecule has 0 aliphatic carbocycles. The Morgan fingerprint density at radius 1 is 1.42 bits per heavy atom. The summed E-state index contributed by atoms with van der Waals surface area (Å²) in [6, 6.07) is 3.15. The quantitative estimate of drug-likeness (QED) is 0.605. The highest BCUT2D eigenvalue weighted by atomic mass is 32.2. The van der Waals surface area contributed by atoms with Crippen molar-refractivity contribution in [1.29, 1.82) is 0 Å². The Morgan fingerprint density at radius 3 is 3.00 bits per heavy atom. The third-order valence-electron chi connectivity index (χ3n) is 1.61. The number of hydrogen-bond donors (Lipinski definition) is 1. The molecule has 0 bridgehead atoms. The highest BCUT2D eigenvalue weighted by molar-refractivity contribution is 8.17. The topological polar surface area (TPSA) is 49.9 Å². The van der Waals surface area contributed by atoms with Gasteiger partial charge in [0.05, 0.1) is 5.03 Å². The van der Waals surface area contributed by atoms with Crippen LogP contribution in [0.4, 0.5) is 0 Å². The monoisotopic (exact) mass is 179 g/mol. The van der Waals surface area contributed by atoms with Crippen LogP contribution in [0, 0.1) is 0 Å². The van der Waals surface area contributed by atoms with E-state index < -0.39 is 10.5 Å². The lowest BCUT2D eigenvalue weighted by Gasteiger charge is -1.95. The van der Waals surface area contributed by atoms with E-state index in [9.17, 15) is 9.59 Å². The van der Waals surface area contributed by atoms with Gasteiger partial charge in [0, 0.05) is 11.6 Å². The van der Waals surface area contributed by atoms with Crippen molar-refractivity contribution in [3.8, 4) is 0 Å². The van der Waals surface area contributed by atoms with E-state index in [4.69, 9.17) is 0 Å². The van der Waals surface area contributed by atoms with Crippen LogP contribution in [-0.2, 0) is 4.79 Å². The lowest BCUT2D eigenvalue weighted by Crippen LogP contribution is -2.04. The van der Waals surface area contributed by atoms with Crippen LogP contribution >= 0.6 is 10.5 Å². The maximum Gasteiger partial charge on any atom is 0.248 e. The summed E-state index contributed by atoms with van der Waals surface area (Å²) >= 11 is 0. The molecule has 3 nitrogen and oxygen atoms in total. The van der Waals surface area contributed by atoms with Crippen LogP contribution in [0.5, 0.6) is 0 Å². The highest BCUT2D eigenvalue weighted by Crippen LogP contribution is 2.34. The molecule has 0 spiro atoms. The van der Waals surface area contributed by atoms with E-state index in [-0.39, 0.29) is 5.56 Å². The van der Waals surface area contributed by atoms with Gasteiger partial charge in [-0.3, -0.25) is 4.79 Å². The summed E-state index contributed by atoms with van der Waals surface area (Å²) in [6.45, 7) is 0. The summed E-state index contributed by atoms with van der Waals surface area (Å²) in [5, 5.41) is 4.29. The third-order valence-corrected chi connectivity index (χ3v) is 2.97. The molecule has 1 atom stereocenters. The molecule has 12 heavy (non-hydrogen) atoms. The summed E-state index contributed by atoms with van der Waals surface area (Å²) in [5.74, 6) is 0. The molecule has 1 aromatic heterocycles. The first-order valence-electron chi connectivity index (χ1n) is 3.33. The Hall–Kier alpha value is -1.38. The Morgan fingerprint density at radius 2 is 2.25 bits per heavy atom. The number of rotatable bonds is 0. The Labute approximate surface area is 70.7 Å². The molecule has 0 saturated heterocycles. The first-order chi connectivity index (χ1) is 5.81. The van der Waals surface area contributed by atoms with Crippen LogP contribution in [0.2, 0.25) is 0 Å². The number of hydrogen-bond acceptors (Lipinski definition) is 2. The molecular formula is C8H5NO2S. The summed E-state index contributed by atoms with van der Waals surface area (Å²) in [6.07, 6.45) is 1.82. The average Bonchev–Trinajstić information content (AvgIpc) is 2.46. The molecule has 1 N–H and O–H groups in total. The van der Waals surface area contributed by atoms with Gasteiger partial charge in [0.2, 0.25) is 5.56 Å². The van der Waals surface area contributed by atoms with Crippen molar-refractivity contribution in [2.24, 2.45) is 0 Å². The van der Waals surface area contributed by atoms with Crippen molar-refractivity contribution >= 4 is 21.8 Å². The number of aromatic nitrogens is 1. The van der Waals surface area contributed by atoms with Gasteiger partial charge in [-0.1, -0.05) is 0 Å². The molecule has 2 heterocycles. The molecule has 2 rings (SSSR count). The molecule has 4 heteroatoms. The highest BCUT2D eigenvalue weighted by Gasteiger charge is 2.09. The van der Waals surface area contributed by atoms with E-state index in [1.165, 1.54) is 6.07 Å². The minimum atomic E-state index is -0.661. The van der Waals surface area contributed by atoms with Gasteiger partial charge in [-0.25, -0.2) is 4.79 Å². The van der Waals surface area contributed by atoms with E-state index in [1.807, 2.05) is 11.3 Å². The number of aromatic amines is 1. The lowest BCUT2D eigenvalue weighted by atomic mass is 10.3. The maximum atomic E-state index is 10.9. The number of H-pyrrole nitrogens is 1. The second kappa shape index (κ2) is 2.59. The fraction of sp³-hybridized carbons (Fsp3) is 0. The van der Waals surface area contributed by atoms with E-state index in [1.54, 1.807) is 11.5 Å². The number of pyridine rings is 1. The first-order valence-corrected chi connectivity index (χ1v) is 4.62. The molecule has 60 valence electrons. The van der Waals surface area contributed by atoms with Crippen LogP contribution in [0.15, 0.2) is 27.4 Å². The van der Waals surface area contributed by atoms with Crippen LogP contribution in [0.3, 0.4) is 0 Å². The van der Waals surface area contributed by atoms with Crippen molar-refractivity contribution in [2.45, 2.75) is 5.03 Å². The van der Waals surface area contributed by atoms with Crippen LogP contribution in [0.1, 0.15) is 5.56 Å². The Bertz CT molecular complexity index is 466. The van der Waals surface area contributed by atoms with Crippen LogP contribution in [0.25, 0.3) is 6.08 Å². The normalized spacial score (nSPS) is 18.8.